The van der Waals surface area contributed by atoms with Crippen LogP contribution in [0.1, 0.15) is 85.1 Å². The van der Waals surface area contributed by atoms with Crippen molar-refractivity contribution in [2.45, 2.75) is 96.5 Å². The van der Waals surface area contributed by atoms with E-state index >= 15 is 0 Å². The van der Waals surface area contributed by atoms with Crippen LogP contribution in [0.3, 0.4) is 0 Å². The fraction of sp³-hybridized carbons (Fsp3) is 0.720. The largest absolute Gasteiger partial charge is 0.616 e. The molecule has 4 unspecified atom stereocenters. The molecule has 1 aromatic carbocycles. The van der Waals surface area contributed by atoms with Crippen molar-refractivity contribution in [2.24, 2.45) is 11.7 Å². The molecule has 0 spiro atoms. The molecule has 0 aliphatic carbocycles. The second-order valence-corrected chi connectivity index (χ2v) is 11.9. The van der Waals surface area contributed by atoms with E-state index in [1.54, 1.807) is 0 Å². The number of primary amides is 1. The van der Waals surface area contributed by atoms with Gasteiger partial charge in [-0.2, -0.15) is 0 Å². The van der Waals surface area contributed by atoms with Gasteiger partial charge in [-0.15, -0.1) is 0 Å². The Hall–Kier alpha value is -1.05. The highest BCUT2D eigenvalue weighted by Gasteiger charge is 2.19. The van der Waals surface area contributed by atoms with Crippen LogP contribution in [0.25, 0.3) is 0 Å². The van der Waals surface area contributed by atoms with Gasteiger partial charge in [0.15, 0.2) is 11.5 Å². The lowest BCUT2D eigenvalue weighted by Gasteiger charge is -2.18. The zero-order valence-electron chi connectivity index (χ0n) is 20.6. The summed E-state index contributed by atoms with van der Waals surface area (Å²) in [5.41, 5.74) is 6.18. The average molecular weight is 486 g/mol. The van der Waals surface area contributed by atoms with Crippen molar-refractivity contribution in [3.63, 3.8) is 0 Å². The van der Waals surface area contributed by atoms with E-state index in [1.807, 2.05) is 25.1 Å². The number of rotatable bonds is 13. The lowest BCUT2D eigenvalue weighted by atomic mass is 10.1. The van der Waals surface area contributed by atoms with E-state index in [4.69, 9.17) is 15.2 Å². The van der Waals surface area contributed by atoms with Crippen LogP contribution in [0, 0.1) is 5.92 Å². The summed E-state index contributed by atoms with van der Waals surface area (Å²) in [5.74, 6) is 3.02. The summed E-state index contributed by atoms with van der Waals surface area (Å²) >= 11 is 0.483. The molecular weight excluding hydrogens is 442 g/mol. The lowest BCUT2D eigenvalue weighted by molar-refractivity contribution is 0.174. The highest BCUT2D eigenvalue weighted by atomic mass is 32.2. The minimum atomic E-state index is -0.743. The molecule has 0 radical (unpaired) electrons. The van der Waals surface area contributed by atoms with E-state index in [-0.39, 0.29) is 10.5 Å². The molecule has 1 aromatic rings. The zero-order chi connectivity index (χ0) is 23.9. The molecule has 2 N–H and O–H groups in total. The number of carbonyl (C=O) groups is 1. The van der Waals surface area contributed by atoms with E-state index in [0.717, 1.165) is 36.5 Å². The zero-order valence-corrected chi connectivity index (χ0v) is 22.2. The number of hydrogen-bond donors (Lipinski definition) is 1. The molecule has 1 amide bonds. The summed E-state index contributed by atoms with van der Waals surface area (Å²) in [4.78, 5) is 10.4. The van der Waals surface area contributed by atoms with Gasteiger partial charge < -0.3 is 19.8 Å². The Labute approximate surface area is 202 Å². The minimum absolute atomic E-state index is 0.191. The maximum Gasteiger partial charge on any atom is 0.276 e. The molecular formula is C25H43NO4S2. The highest BCUT2D eigenvalue weighted by molar-refractivity contribution is 8.14. The quantitative estimate of drug-likeness (QED) is 0.248. The molecule has 7 heteroatoms. The Kier molecular flexibility index (Phi) is 15.0. The highest BCUT2D eigenvalue weighted by Crippen LogP contribution is 2.33. The molecule has 5 nitrogen and oxygen atoms in total. The van der Waals surface area contributed by atoms with Crippen LogP contribution in [0.15, 0.2) is 18.2 Å². The number of amides is 1. The summed E-state index contributed by atoms with van der Waals surface area (Å²) in [6, 6.07) is 6.01. The number of nitrogens with two attached hydrogens (primary N) is 1. The van der Waals surface area contributed by atoms with Gasteiger partial charge in [0.05, 0.1) is 0 Å². The van der Waals surface area contributed by atoms with Crippen molar-refractivity contribution in [2.75, 3.05) is 12.5 Å². The number of carbonyl (C=O) groups excluding carboxylic acids is 1. The Morgan fingerprint density at radius 2 is 1.75 bits per heavy atom. The van der Waals surface area contributed by atoms with Gasteiger partial charge >= 0.3 is 0 Å². The molecule has 0 saturated heterocycles. The summed E-state index contributed by atoms with van der Waals surface area (Å²) in [5, 5.41) is 0.270. The fourth-order valence-corrected chi connectivity index (χ4v) is 5.41. The molecule has 2 rings (SSSR count). The summed E-state index contributed by atoms with van der Waals surface area (Å²) < 4.78 is 23.0. The maximum absolute atomic E-state index is 12.3. The molecule has 0 bridgehead atoms. The van der Waals surface area contributed by atoms with Crippen LogP contribution >= 0.6 is 11.8 Å². The maximum atomic E-state index is 12.3. The molecule has 0 saturated carbocycles. The van der Waals surface area contributed by atoms with E-state index < -0.39 is 11.2 Å². The number of unbranched alkanes of at least 4 members (excludes halogenated alkanes) is 5. The van der Waals surface area contributed by atoms with E-state index in [2.05, 4.69) is 27.7 Å². The molecule has 184 valence electrons. The smallest absolute Gasteiger partial charge is 0.276 e. The predicted octanol–water partition coefficient (Wildman–Crippen LogP) is 6.69. The Balaban J connectivity index is 0.000000433. The third-order valence-electron chi connectivity index (χ3n) is 5.86. The molecule has 0 fully saturated rings. The second-order valence-electron chi connectivity index (χ2n) is 8.58. The van der Waals surface area contributed by atoms with Gasteiger partial charge in [-0.25, -0.2) is 0 Å². The molecule has 4 atom stereocenters. The first-order valence-electron chi connectivity index (χ1n) is 12.0. The number of ether oxygens (including phenoxy) is 2. The average Bonchev–Trinajstić information content (AvgIpc) is 3.23. The Morgan fingerprint density at radius 1 is 1.09 bits per heavy atom. The summed E-state index contributed by atoms with van der Waals surface area (Å²) in [7, 11) is 0. The first-order chi connectivity index (χ1) is 15.3. The van der Waals surface area contributed by atoms with Crippen LogP contribution in [0.5, 0.6) is 11.5 Å². The minimum Gasteiger partial charge on any atom is -0.616 e. The number of thioether (sulfide) groups is 1. The Morgan fingerprint density at radius 3 is 2.41 bits per heavy atom. The van der Waals surface area contributed by atoms with Crippen molar-refractivity contribution >= 4 is 28.2 Å². The number of fused-ring (bicyclic) bond motifs is 1. The fourth-order valence-electron chi connectivity index (χ4n) is 3.35. The van der Waals surface area contributed by atoms with Crippen molar-refractivity contribution in [3.05, 3.63) is 23.8 Å². The lowest BCUT2D eigenvalue weighted by Crippen LogP contribution is -2.23. The van der Waals surface area contributed by atoms with Crippen molar-refractivity contribution < 1.29 is 18.8 Å². The molecule has 32 heavy (non-hydrogen) atoms. The normalized spacial score (nSPS) is 15.9. The van der Waals surface area contributed by atoms with Gasteiger partial charge in [0.25, 0.3) is 5.24 Å². The molecule has 1 aliphatic rings. The van der Waals surface area contributed by atoms with Crippen LogP contribution in [-0.2, 0) is 17.6 Å². The van der Waals surface area contributed by atoms with Crippen LogP contribution in [0.2, 0.25) is 0 Å². The van der Waals surface area contributed by atoms with E-state index in [0.29, 0.717) is 18.0 Å². The van der Waals surface area contributed by atoms with E-state index in [9.17, 15) is 9.35 Å². The number of benzene rings is 1. The standard InChI is InChI=1S/C18H28O3S.C7H15NOS/c1-3-4-5-6-7-8-11-22(19)15(2)12-16-9-10-17-18(13-16)21-14-20-17;1-4-5(2)6(3)10-7(8)9/h9-10,13,15H,3-8,11-12,14H2,1-2H3;5-6H,4H2,1-3H3,(H2,8,9). The topological polar surface area (TPSA) is 84.6 Å². The van der Waals surface area contributed by atoms with Crippen LogP contribution in [0.4, 0.5) is 4.79 Å². The summed E-state index contributed by atoms with van der Waals surface area (Å²) in [6.07, 6.45) is 9.42. The van der Waals surface area contributed by atoms with Gasteiger partial charge in [-0.3, -0.25) is 4.79 Å². The third kappa shape index (κ3) is 11.7. The van der Waals surface area contributed by atoms with Gasteiger partial charge in [0, 0.05) is 11.7 Å². The predicted molar refractivity (Wildman–Crippen MR) is 138 cm³/mol. The van der Waals surface area contributed by atoms with Gasteiger partial charge in [-0.1, -0.05) is 88.8 Å². The van der Waals surface area contributed by atoms with Gasteiger partial charge in [-0.05, 0) is 43.4 Å². The van der Waals surface area contributed by atoms with Gasteiger partial charge in [0.2, 0.25) is 6.79 Å². The van der Waals surface area contributed by atoms with Crippen molar-refractivity contribution in [1.29, 1.82) is 0 Å². The van der Waals surface area contributed by atoms with Crippen LogP contribution in [-0.4, -0.2) is 32.8 Å². The molecule has 1 aliphatic heterocycles. The first-order valence-corrected chi connectivity index (χ1v) is 14.3. The first kappa shape index (κ1) is 29.0. The Bertz CT molecular complexity index is 659. The van der Waals surface area contributed by atoms with Crippen molar-refractivity contribution in [1.82, 2.24) is 0 Å². The second kappa shape index (κ2) is 16.5. The van der Waals surface area contributed by atoms with Crippen LogP contribution < -0.4 is 15.2 Å². The monoisotopic (exact) mass is 485 g/mol. The SMILES string of the molecule is CCC(C)C(C)SC(N)=O.CCCCCCCC[S+]([O-])C(C)Cc1ccc2c(c1)OCO2. The third-order valence-corrected chi connectivity index (χ3v) is 8.68. The molecule has 0 aromatic heterocycles. The summed E-state index contributed by atoms with van der Waals surface area (Å²) in [6.45, 7) is 10.9. The number of hydrogen-bond acceptors (Lipinski definition) is 5. The van der Waals surface area contributed by atoms with E-state index in [1.165, 1.54) is 49.4 Å². The molecule has 1 heterocycles. The van der Waals surface area contributed by atoms with Gasteiger partial charge in [0.1, 0.15) is 11.0 Å². The van der Waals surface area contributed by atoms with Crippen molar-refractivity contribution in [3.8, 4) is 11.5 Å².